The number of rotatable bonds is 4. The minimum absolute atomic E-state index is 0.000906. The van der Waals surface area contributed by atoms with Gasteiger partial charge in [-0.05, 0) is 56.2 Å². The van der Waals surface area contributed by atoms with Crippen molar-refractivity contribution in [2.45, 2.75) is 51.0 Å². The summed E-state index contributed by atoms with van der Waals surface area (Å²) in [4.78, 5) is 32.7. The van der Waals surface area contributed by atoms with Gasteiger partial charge < -0.3 is 9.80 Å². The van der Waals surface area contributed by atoms with Gasteiger partial charge in [0.25, 0.3) is 5.91 Å². The lowest BCUT2D eigenvalue weighted by Gasteiger charge is -2.43. The molecule has 0 spiro atoms. The number of amides is 2. The van der Waals surface area contributed by atoms with Gasteiger partial charge in [-0.3, -0.25) is 14.5 Å². The van der Waals surface area contributed by atoms with Gasteiger partial charge in [-0.15, -0.1) is 0 Å². The Morgan fingerprint density at radius 2 is 1.55 bits per heavy atom. The number of nitrogens with zero attached hydrogens (tertiary/aromatic N) is 3. The van der Waals surface area contributed by atoms with Gasteiger partial charge >= 0.3 is 0 Å². The molecule has 1 aromatic rings. The van der Waals surface area contributed by atoms with Crippen LogP contribution in [0.15, 0.2) is 24.3 Å². The molecule has 1 unspecified atom stereocenters. The van der Waals surface area contributed by atoms with Crippen molar-refractivity contribution in [1.29, 1.82) is 0 Å². The molecule has 2 amide bonds. The lowest BCUT2D eigenvalue weighted by Crippen LogP contribution is -2.59. The molecule has 1 aromatic carbocycles. The summed E-state index contributed by atoms with van der Waals surface area (Å²) < 4.78 is 0. The Balaban J connectivity index is 1.42. The predicted molar refractivity (Wildman–Crippen MR) is 115 cm³/mol. The van der Waals surface area contributed by atoms with E-state index in [0.717, 1.165) is 51.9 Å². The van der Waals surface area contributed by atoms with Crippen LogP contribution < -0.4 is 0 Å². The molecule has 3 fully saturated rings. The molecule has 3 aliphatic rings. The van der Waals surface area contributed by atoms with Crippen molar-refractivity contribution in [2.24, 2.45) is 5.92 Å². The Morgan fingerprint density at radius 3 is 2.21 bits per heavy atom. The van der Waals surface area contributed by atoms with E-state index in [1.165, 1.54) is 19.3 Å². The Kier molecular flexibility index (Phi) is 6.76. The first-order valence-corrected chi connectivity index (χ1v) is 11.6. The molecule has 1 saturated carbocycles. The summed E-state index contributed by atoms with van der Waals surface area (Å²) >= 11 is 6.05. The van der Waals surface area contributed by atoms with Crippen molar-refractivity contribution in [3.05, 3.63) is 34.9 Å². The zero-order valence-electron chi connectivity index (χ0n) is 17.2. The number of hydrogen-bond acceptors (Lipinski definition) is 3. The van der Waals surface area contributed by atoms with E-state index in [1.54, 1.807) is 12.1 Å². The fraction of sp³-hybridized carbons (Fsp3) is 0.652. The van der Waals surface area contributed by atoms with E-state index < -0.39 is 0 Å². The third kappa shape index (κ3) is 4.77. The molecule has 158 valence electrons. The molecular weight excluding hydrogens is 386 g/mol. The Labute approximate surface area is 179 Å². The summed E-state index contributed by atoms with van der Waals surface area (Å²) in [6.45, 7) is 4.70. The number of benzene rings is 1. The molecule has 2 heterocycles. The smallest absolute Gasteiger partial charge is 0.253 e. The zero-order valence-corrected chi connectivity index (χ0v) is 17.9. The van der Waals surface area contributed by atoms with Crippen LogP contribution in [0.5, 0.6) is 0 Å². The van der Waals surface area contributed by atoms with Gasteiger partial charge in [-0.1, -0.05) is 30.5 Å². The standard InChI is InChI=1S/C23H32ClN3O2/c24-20-10-6-9-19(17-20)22(28)27-15-13-25(14-16-27)21(18-7-2-3-8-18)23(29)26-11-4-1-5-12-26/h6,9-10,17-18,21H,1-5,7-8,11-16H2. The zero-order chi connectivity index (χ0) is 20.2. The lowest BCUT2D eigenvalue weighted by molar-refractivity contribution is -0.140. The summed E-state index contributed by atoms with van der Waals surface area (Å²) in [5.74, 6) is 0.845. The summed E-state index contributed by atoms with van der Waals surface area (Å²) in [5, 5.41) is 0.586. The minimum atomic E-state index is -0.000906. The van der Waals surface area contributed by atoms with E-state index >= 15 is 0 Å². The first kappa shape index (κ1) is 20.7. The van der Waals surface area contributed by atoms with Crippen LogP contribution in [0.25, 0.3) is 0 Å². The monoisotopic (exact) mass is 417 g/mol. The Morgan fingerprint density at radius 1 is 0.862 bits per heavy atom. The van der Waals surface area contributed by atoms with Crippen molar-refractivity contribution in [3.63, 3.8) is 0 Å². The van der Waals surface area contributed by atoms with Crippen molar-refractivity contribution in [2.75, 3.05) is 39.3 Å². The number of hydrogen-bond donors (Lipinski definition) is 0. The highest BCUT2D eigenvalue weighted by molar-refractivity contribution is 6.30. The van der Waals surface area contributed by atoms with Crippen LogP contribution in [-0.4, -0.2) is 71.8 Å². The number of carbonyl (C=O) groups is 2. The number of carbonyl (C=O) groups excluding carboxylic acids is 2. The van der Waals surface area contributed by atoms with Crippen molar-refractivity contribution >= 4 is 23.4 Å². The van der Waals surface area contributed by atoms with Gasteiger partial charge in [-0.25, -0.2) is 0 Å². The molecule has 1 atom stereocenters. The van der Waals surface area contributed by atoms with Crippen LogP contribution in [0, 0.1) is 5.92 Å². The second-order valence-corrected chi connectivity index (χ2v) is 9.15. The van der Waals surface area contributed by atoms with E-state index in [9.17, 15) is 9.59 Å². The van der Waals surface area contributed by atoms with Crippen LogP contribution in [0.2, 0.25) is 5.02 Å². The second kappa shape index (κ2) is 9.48. The normalized spacial score (nSPS) is 22.7. The van der Waals surface area contributed by atoms with Crippen LogP contribution in [0.3, 0.4) is 0 Å². The molecule has 1 aliphatic carbocycles. The highest BCUT2D eigenvalue weighted by Gasteiger charge is 2.39. The molecule has 2 aliphatic heterocycles. The highest BCUT2D eigenvalue weighted by atomic mass is 35.5. The number of piperidine rings is 1. The van der Waals surface area contributed by atoms with Gasteiger partial charge in [0.2, 0.25) is 5.91 Å². The Hall–Kier alpha value is -1.59. The number of halogens is 1. The second-order valence-electron chi connectivity index (χ2n) is 8.71. The van der Waals surface area contributed by atoms with Gasteiger partial charge in [0.1, 0.15) is 0 Å². The quantitative estimate of drug-likeness (QED) is 0.750. The van der Waals surface area contributed by atoms with Gasteiger partial charge in [0, 0.05) is 49.9 Å². The molecular formula is C23H32ClN3O2. The molecule has 5 nitrogen and oxygen atoms in total. The van der Waals surface area contributed by atoms with Gasteiger partial charge in [-0.2, -0.15) is 0 Å². The lowest BCUT2D eigenvalue weighted by atomic mass is 9.93. The molecule has 6 heteroatoms. The topological polar surface area (TPSA) is 43.9 Å². The van der Waals surface area contributed by atoms with Crippen LogP contribution in [-0.2, 0) is 4.79 Å². The van der Waals surface area contributed by atoms with E-state index in [2.05, 4.69) is 9.80 Å². The highest BCUT2D eigenvalue weighted by Crippen LogP contribution is 2.32. The molecule has 0 N–H and O–H groups in total. The fourth-order valence-corrected chi connectivity index (χ4v) is 5.43. The average molecular weight is 418 g/mol. The molecule has 29 heavy (non-hydrogen) atoms. The first-order valence-electron chi connectivity index (χ1n) is 11.2. The van der Waals surface area contributed by atoms with Gasteiger partial charge in [0.05, 0.1) is 6.04 Å². The molecule has 2 saturated heterocycles. The van der Waals surface area contributed by atoms with E-state index in [1.807, 2.05) is 17.0 Å². The fourth-order valence-electron chi connectivity index (χ4n) is 5.24. The minimum Gasteiger partial charge on any atom is -0.341 e. The summed E-state index contributed by atoms with van der Waals surface area (Å²) in [5.41, 5.74) is 0.641. The molecule has 4 rings (SSSR count). The third-order valence-corrected chi connectivity index (χ3v) is 7.07. The number of piperazine rings is 1. The first-order chi connectivity index (χ1) is 14.1. The van der Waals surface area contributed by atoms with Gasteiger partial charge in [0.15, 0.2) is 0 Å². The Bertz CT molecular complexity index is 721. The number of likely N-dealkylation sites (tertiary alicyclic amines) is 1. The maximum absolute atomic E-state index is 13.4. The average Bonchev–Trinajstić information content (AvgIpc) is 3.29. The largest absolute Gasteiger partial charge is 0.341 e. The maximum Gasteiger partial charge on any atom is 0.253 e. The maximum atomic E-state index is 13.4. The molecule has 0 bridgehead atoms. The summed E-state index contributed by atoms with van der Waals surface area (Å²) in [6.07, 6.45) is 8.29. The summed E-state index contributed by atoms with van der Waals surface area (Å²) in [7, 11) is 0. The third-order valence-electron chi connectivity index (χ3n) is 6.83. The van der Waals surface area contributed by atoms with E-state index in [4.69, 9.17) is 11.6 Å². The van der Waals surface area contributed by atoms with Crippen molar-refractivity contribution in [3.8, 4) is 0 Å². The SMILES string of the molecule is O=C(c1cccc(Cl)c1)N1CCN(C(C(=O)N2CCCCC2)C2CCCC2)CC1. The van der Waals surface area contributed by atoms with E-state index in [0.29, 0.717) is 35.5 Å². The van der Waals surface area contributed by atoms with Crippen LogP contribution in [0.1, 0.15) is 55.3 Å². The molecule has 0 radical (unpaired) electrons. The summed E-state index contributed by atoms with van der Waals surface area (Å²) in [6, 6.07) is 7.16. The van der Waals surface area contributed by atoms with Crippen molar-refractivity contribution in [1.82, 2.24) is 14.7 Å². The molecule has 0 aromatic heterocycles. The van der Waals surface area contributed by atoms with Crippen molar-refractivity contribution < 1.29 is 9.59 Å². The van der Waals surface area contributed by atoms with Crippen LogP contribution >= 0.6 is 11.6 Å². The van der Waals surface area contributed by atoms with Crippen LogP contribution in [0.4, 0.5) is 0 Å². The van der Waals surface area contributed by atoms with E-state index in [-0.39, 0.29) is 11.9 Å². The predicted octanol–water partition coefficient (Wildman–Crippen LogP) is 3.67.